The molecule has 0 heterocycles. The van der Waals surface area contributed by atoms with Gasteiger partial charge in [-0.25, -0.2) is 0 Å². The van der Waals surface area contributed by atoms with Gasteiger partial charge in [0.1, 0.15) is 17.6 Å². The number of nitrogens with one attached hydrogen (secondary N) is 1. The second-order valence-corrected chi connectivity index (χ2v) is 5.33. The highest BCUT2D eigenvalue weighted by Gasteiger charge is 2.08. The minimum Gasteiger partial charge on any atom is -0.497 e. The molecule has 0 aliphatic heterocycles. The molecule has 2 aromatic rings. The fraction of sp³-hybridized carbons (Fsp3) is 0.250. The number of anilines is 1. The number of halogens is 1. The van der Waals surface area contributed by atoms with Crippen molar-refractivity contribution in [2.45, 2.75) is 13.0 Å². The lowest BCUT2D eigenvalue weighted by atomic mass is 10.3. The molecule has 0 aliphatic rings. The fourth-order valence-electron chi connectivity index (χ4n) is 1.78. The average Bonchev–Trinajstić information content (AvgIpc) is 2.48. The van der Waals surface area contributed by atoms with Crippen molar-refractivity contribution in [3.05, 3.63) is 53.0 Å². The molecule has 0 bridgehead atoms. The molecule has 0 aromatic heterocycles. The van der Waals surface area contributed by atoms with Crippen LogP contribution in [-0.2, 0) is 0 Å². The topological polar surface area (TPSA) is 30.5 Å². The summed E-state index contributed by atoms with van der Waals surface area (Å²) < 4.78 is 12.0. The van der Waals surface area contributed by atoms with E-state index in [4.69, 9.17) is 9.47 Å². The van der Waals surface area contributed by atoms with Crippen LogP contribution in [0.25, 0.3) is 0 Å². The van der Waals surface area contributed by atoms with E-state index in [2.05, 4.69) is 21.2 Å². The number of rotatable bonds is 6. The number of hydrogen-bond donors (Lipinski definition) is 1. The molecule has 0 radical (unpaired) electrons. The highest BCUT2D eigenvalue weighted by atomic mass is 79.9. The zero-order valence-corrected chi connectivity index (χ0v) is 13.2. The lowest BCUT2D eigenvalue weighted by Gasteiger charge is -2.17. The van der Waals surface area contributed by atoms with E-state index < -0.39 is 0 Å². The lowest BCUT2D eigenvalue weighted by molar-refractivity contribution is 0.233. The Hall–Kier alpha value is -1.68. The molecule has 20 heavy (non-hydrogen) atoms. The van der Waals surface area contributed by atoms with Gasteiger partial charge in [0.2, 0.25) is 0 Å². The summed E-state index contributed by atoms with van der Waals surface area (Å²) in [6.07, 6.45) is 0.0555. The van der Waals surface area contributed by atoms with Gasteiger partial charge in [-0.3, -0.25) is 0 Å². The van der Waals surface area contributed by atoms with Gasteiger partial charge in [0.25, 0.3) is 0 Å². The normalized spacial score (nSPS) is 11.8. The monoisotopic (exact) mass is 335 g/mol. The Morgan fingerprint density at radius 3 is 2.55 bits per heavy atom. The molecule has 1 unspecified atom stereocenters. The summed E-state index contributed by atoms with van der Waals surface area (Å²) >= 11 is 3.49. The van der Waals surface area contributed by atoms with Gasteiger partial charge in [0.15, 0.2) is 0 Å². The Morgan fingerprint density at radius 1 is 1.15 bits per heavy atom. The molecule has 0 fully saturated rings. The van der Waals surface area contributed by atoms with Crippen molar-refractivity contribution >= 4 is 21.6 Å². The Morgan fingerprint density at radius 2 is 1.90 bits per heavy atom. The number of benzene rings is 2. The van der Waals surface area contributed by atoms with Gasteiger partial charge < -0.3 is 14.8 Å². The van der Waals surface area contributed by atoms with Gasteiger partial charge in [-0.2, -0.15) is 0 Å². The Kier molecular flexibility index (Phi) is 5.30. The minimum absolute atomic E-state index is 0.0555. The molecule has 2 rings (SSSR count). The Bertz CT molecular complexity index is 545. The molecule has 0 aliphatic carbocycles. The van der Waals surface area contributed by atoms with Gasteiger partial charge >= 0.3 is 0 Å². The van der Waals surface area contributed by atoms with Crippen LogP contribution in [0.2, 0.25) is 0 Å². The van der Waals surface area contributed by atoms with E-state index in [-0.39, 0.29) is 6.10 Å². The van der Waals surface area contributed by atoms with Crippen LogP contribution in [0.15, 0.2) is 53.0 Å². The summed E-state index contributed by atoms with van der Waals surface area (Å²) in [5, 5.41) is 3.34. The second kappa shape index (κ2) is 7.20. The summed E-state index contributed by atoms with van der Waals surface area (Å²) in [6, 6.07) is 15.8. The summed E-state index contributed by atoms with van der Waals surface area (Å²) in [4.78, 5) is 0. The smallest absolute Gasteiger partial charge is 0.134 e. The molecule has 0 saturated heterocycles. The molecular weight excluding hydrogens is 318 g/mol. The summed E-state index contributed by atoms with van der Waals surface area (Å²) in [6.45, 7) is 2.77. The van der Waals surface area contributed by atoms with E-state index in [1.807, 2.05) is 55.5 Å². The van der Waals surface area contributed by atoms with E-state index in [1.54, 1.807) is 7.11 Å². The second-order valence-electron chi connectivity index (χ2n) is 4.47. The maximum Gasteiger partial charge on any atom is 0.134 e. The number of ether oxygens (including phenoxy) is 2. The Balaban J connectivity index is 1.89. The van der Waals surface area contributed by atoms with Gasteiger partial charge in [0.05, 0.1) is 18.1 Å². The minimum atomic E-state index is 0.0555. The number of para-hydroxylation sites is 1. The maximum absolute atomic E-state index is 5.90. The number of methoxy groups -OCH3 is 1. The van der Waals surface area contributed by atoms with Crippen molar-refractivity contribution in [1.82, 2.24) is 0 Å². The molecule has 3 nitrogen and oxygen atoms in total. The van der Waals surface area contributed by atoms with Crippen molar-refractivity contribution < 1.29 is 9.47 Å². The van der Waals surface area contributed by atoms with Crippen LogP contribution in [0, 0.1) is 0 Å². The first-order valence-corrected chi connectivity index (χ1v) is 7.27. The zero-order chi connectivity index (χ0) is 14.4. The molecule has 0 spiro atoms. The lowest BCUT2D eigenvalue weighted by Crippen LogP contribution is -2.22. The molecule has 0 saturated carbocycles. The maximum atomic E-state index is 5.90. The van der Waals surface area contributed by atoms with Crippen LogP contribution in [-0.4, -0.2) is 19.8 Å². The van der Waals surface area contributed by atoms with Crippen LogP contribution in [0.5, 0.6) is 11.5 Å². The standard InChI is InChI=1S/C16H18BrNO2/c1-12(11-18-13-6-4-3-5-7-13)20-16-9-8-14(19-2)10-15(16)17/h3-10,12,18H,11H2,1-2H3. The van der Waals surface area contributed by atoms with Crippen molar-refractivity contribution in [1.29, 1.82) is 0 Å². The van der Waals surface area contributed by atoms with E-state index in [9.17, 15) is 0 Å². The first kappa shape index (κ1) is 14.7. The first-order chi connectivity index (χ1) is 9.69. The number of hydrogen-bond acceptors (Lipinski definition) is 3. The predicted molar refractivity (Wildman–Crippen MR) is 85.7 cm³/mol. The SMILES string of the molecule is COc1ccc(OC(C)CNc2ccccc2)c(Br)c1. The molecule has 106 valence electrons. The van der Waals surface area contributed by atoms with E-state index in [0.717, 1.165) is 28.2 Å². The summed E-state index contributed by atoms with van der Waals surface area (Å²) in [5.41, 5.74) is 1.09. The third kappa shape index (κ3) is 4.17. The third-order valence-electron chi connectivity index (χ3n) is 2.83. The molecule has 4 heteroatoms. The van der Waals surface area contributed by atoms with Crippen LogP contribution < -0.4 is 14.8 Å². The van der Waals surface area contributed by atoms with Crippen LogP contribution in [0.4, 0.5) is 5.69 Å². The van der Waals surface area contributed by atoms with E-state index in [1.165, 1.54) is 0 Å². The van der Waals surface area contributed by atoms with Gasteiger partial charge in [-0.05, 0) is 53.2 Å². The highest BCUT2D eigenvalue weighted by molar-refractivity contribution is 9.10. The van der Waals surface area contributed by atoms with E-state index in [0.29, 0.717) is 0 Å². The predicted octanol–water partition coefficient (Wildman–Crippen LogP) is 4.34. The van der Waals surface area contributed by atoms with Crippen molar-refractivity contribution in [3.63, 3.8) is 0 Å². The first-order valence-electron chi connectivity index (χ1n) is 6.48. The van der Waals surface area contributed by atoms with Gasteiger partial charge in [0, 0.05) is 5.69 Å². The molecule has 2 aromatic carbocycles. The molecule has 1 atom stereocenters. The molecular formula is C16H18BrNO2. The summed E-state index contributed by atoms with van der Waals surface area (Å²) in [7, 11) is 1.65. The molecule has 1 N–H and O–H groups in total. The van der Waals surface area contributed by atoms with Crippen molar-refractivity contribution in [2.24, 2.45) is 0 Å². The van der Waals surface area contributed by atoms with E-state index >= 15 is 0 Å². The zero-order valence-electron chi connectivity index (χ0n) is 11.6. The Labute approximate surface area is 128 Å². The third-order valence-corrected chi connectivity index (χ3v) is 3.45. The van der Waals surface area contributed by atoms with Crippen molar-refractivity contribution in [2.75, 3.05) is 19.0 Å². The van der Waals surface area contributed by atoms with Gasteiger partial charge in [-0.15, -0.1) is 0 Å². The summed E-state index contributed by atoms with van der Waals surface area (Å²) in [5.74, 6) is 1.62. The largest absolute Gasteiger partial charge is 0.497 e. The van der Waals surface area contributed by atoms with Gasteiger partial charge in [-0.1, -0.05) is 18.2 Å². The molecule has 0 amide bonds. The van der Waals surface area contributed by atoms with Crippen molar-refractivity contribution in [3.8, 4) is 11.5 Å². The fourth-order valence-corrected chi connectivity index (χ4v) is 2.23. The van der Waals surface area contributed by atoms with Crippen LogP contribution in [0.1, 0.15) is 6.92 Å². The van der Waals surface area contributed by atoms with Crippen LogP contribution in [0.3, 0.4) is 0 Å². The van der Waals surface area contributed by atoms with Crippen LogP contribution >= 0.6 is 15.9 Å². The quantitative estimate of drug-likeness (QED) is 0.851. The highest BCUT2D eigenvalue weighted by Crippen LogP contribution is 2.29. The average molecular weight is 336 g/mol.